The van der Waals surface area contributed by atoms with E-state index >= 15 is 0 Å². The summed E-state index contributed by atoms with van der Waals surface area (Å²) in [7, 11) is 1.49. The van der Waals surface area contributed by atoms with Crippen LogP contribution in [-0.2, 0) is 9.53 Å². The van der Waals surface area contributed by atoms with Crippen LogP contribution in [0.2, 0.25) is 0 Å². The average Bonchev–Trinajstić information content (AvgIpc) is 2.47. The van der Waals surface area contributed by atoms with Gasteiger partial charge >= 0.3 is 12.0 Å². The quantitative estimate of drug-likeness (QED) is 0.734. The summed E-state index contributed by atoms with van der Waals surface area (Å²) in [6, 6.07) is 3.32. The SMILES string of the molecule is CCOC(=O)C1=C(C)NC(=O)N[C@@H]1c1cc(OC)ccc1O. The minimum absolute atomic E-state index is 0.0531. The van der Waals surface area contributed by atoms with Crippen LogP contribution in [0, 0.1) is 0 Å². The van der Waals surface area contributed by atoms with Gasteiger partial charge in [0.1, 0.15) is 11.5 Å². The van der Waals surface area contributed by atoms with E-state index in [2.05, 4.69) is 10.6 Å². The summed E-state index contributed by atoms with van der Waals surface area (Å²) in [6.45, 7) is 3.51. The molecule has 0 unspecified atom stereocenters. The van der Waals surface area contributed by atoms with Crippen LogP contribution in [0.3, 0.4) is 0 Å². The van der Waals surface area contributed by atoms with Gasteiger partial charge in [-0.25, -0.2) is 9.59 Å². The van der Waals surface area contributed by atoms with Crippen molar-refractivity contribution in [1.29, 1.82) is 0 Å². The number of phenolic OH excluding ortho intramolecular Hbond substituents is 1. The van der Waals surface area contributed by atoms with Crippen molar-refractivity contribution in [2.75, 3.05) is 13.7 Å². The van der Waals surface area contributed by atoms with Gasteiger partial charge in [-0.15, -0.1) is 0 Å². The second-order valence-electron chi connectivity index (χ2n) is 4.72. The Hall–Kier alpha value is -2.70. The monoisotopic (exact) mass is 306 g/mol. The Morgan fingerprint density at radius 3 is 2.77 bits per heavy atom. The summed E-state index contributed by atoms with van der Waals surface area (Å²) >= 11 is 0. The smallest absolute Gasteiger partial charge is 0.338 e. The third-order valence-electron chi connectivity index (χ3n) is 3.31. The third-order valence-corrected chi connectivity index (χ3v) is 3.31. The number of nitrogens with one attached hydrogen (secondary N) is 2. The Morgan fingerprint density at radius 1 is 1.41 bits per heavy atom. The summed E-state index contributed by atoms with van der Waals surface area (Å²) in [5.41, 5.74) is 0.982. The number of hydrogen-bond donors (Lipinski definition) is 3. The summed E-state index contributed by atoms with van der Waals surface area (Å²) < 4.78 is 10.2. The molecule has 1 aromatic rings. The molecule has 1 aliphatic heterocycles. The van der Waals surface area contributed by atoms with Crippen molar-refractivity contribution in [2.24, 2.45) is 0 Å². The normalized spacial score (nSPS) is 17.6. The van der Waals surface area contributed by atoms with Gasteiger partial charge in [0.25, 0.3) is 0 Å². The Kier molecular flexibility index (Phi) is 4.55. The van der Waals surface area contributed by atoms with E-state index in [0.29, 0.717) is 17.0 Å². The standard InChI is InChI=1S/C15H18N2O5/c1-4-22-14(19)12-8(2)16-15(20)17-13(12)10-7-9(21-3)5-6-11(10)18/h5-7,13,18H,4H2,1-3H3,(H2,16,17,20)/t13-/m1/s1. The summed E-state index contributed by atoms with van der Waals surface area (Å²) in [6.07, 6.45) is 0. The van der Waals surface area contributed by atoms with Crippen LogP contribution in [0.25, 0.3) is 0 Å². The molecule has 0 aromatic heterocycles. The predicted octanol–water partition coefficient (Wildman–Crippen LogP) is 1.59. The molecule has 0 radical (unpaired) electrons. The van der Waals surface area contributed by atoms with Crippen molar-refractivity contribution >= 4 is 12.0 Å². The molecule has 3 N–H and O–H groups in total. The molecule has 118 valence electrons. The molecule has 1 aliphatic rings. The second kappa shape index (κ2) is 6.38. The zero-order valence-electron chi connectivity index (χ0n) is 12.6. The van der Waals surface area contributed by atoms with Gasteiger partial charge in [-0.1, -0.05) is 0 Å². The van der Waals surface area contributed by atoms with E-state index in [1.54, 1.807) is 26.0 Å². The van der Waals surface area contributed by atoms with E-state index in [1.807, 2.05) is 0 Å². The number of hydrogen-bond acceptors (Lipinski definition) is 5. The van der Waals surface area contributed by atoms with E-state index in [-0.39, 0.29) is 17.9 Å². The van der Waals surface area contributed by atoms with Crippen molar-refractivity contribution in [2.45, 2.75) is 19.9 Å². The molecule has 1 aromatic carbocycles. The summed E-state index contributed by atoms with van der Waals surface area (Å²) in [4.78, 5) is 23.9. The number of urea groups is 1. The lowest BCUT2D eigenvalue weighted by molar-refractivity contribution is -0.139. The molecular formula is C15H18N2O5. The third kappa shape index (κ3) is 2.98. The number of esters is 1. The summed E-state index contributed by atoms with van der Waals surface area (Å²) in [5.74, 6) is -0.108. The van der Waals surface area contributed by atoms with Gasteiger partial charge in [-0.05, 0) is 32.0 Å². The maximum absolute atomic E-state index is 12.2. The Morgan fingerprint density at radius 2 is 2.14 bits per heavy atom. The number of amides is 2. The molecule has 7 heteroatoms. The van der Waals surface area contributed by atoms with Crippen LogP contribution in [-0.4, -0.2) is 30.8 Å². The number of ether oxygens (including phenoxy) is 2. The van der Waals surface area contributed by atoms with E-state index < -0.39 is 18.0 Å². The van der Waals surface area contributed by atoms with Crippen molar-refractivity contribution < 1.29 is 24.2 Å². The van der Waals surface area contributed by atoms with Crippen molar-refractivity contribution in [3.8, 4) is 11.5 Å². The van der Waals surface area contributed by atoms with Crippen LogP contribution in [0.4, 0.5) is 4.79 Å². The maximum Gasteiger partial charge on any atom is 0.338 e. The molecule has 0 saturated carbocycles. The highest BCUT2D eigenvalue weighted by Crippen LogP contribution is 2.35. The first kappa shape index (κ1) is 15.7. The molecule has 0 aliphatic carbocycles. The highest BCUT2D eigenvalue weighted by Gasteiger charge is 2.33. The molecule has 22 heavy (non-hydrogen) atoms. The largest absolute Gasteiger partial charge is 0.508 e. The van der Waals surface area contributed by atoms with Crippen molar-refractivity contribution in [1.82, 2.24) is 10.6 Å². The highest BCUT2D eigenvalue weighted by atomic mass is 16.5. The average molecular weight is 306 g/mol. The van der Waals surface area contributed by atoms with Crippen LogP contribution < -0.4 is 15.4 Å². The van der Waals surface area contributed by atoms with Crippen molar-refractivity contribution in [3.05, 3.63) is 35.0 Å². The molecule has 7 nitrogen and oxygen atoms in total. The zero-order chi connectivity index (χ0) is 16.3. The number of rotatable bonds is 4. The van der Waals surface area contributed by atoms with Gasteiger partial charge in [0.2, 0.25) is 0 Å². The van der Waals surface area contributed by atoms with Crippen molar-refractivity contribution in [3.63, 3.8) is 0 Å². The zero-order valence-corrected chi connectivity index (χ0v) is 12.6. The number of carbonyl (C=O) groups excluding carboxylic acids is 2. The van der Waals surface area contributed by atoms with Crippen LogP contribution in [0.1, 0.15) is 25.5 Å². The molecule has 2 rings (SSSR count). The molecule has 1 heterocycles. The van der Waals surface area contributed by atoms with Crippen LogP contribution in [0.5, 0.6) is 11.5 Å². The van der Waals surface area contributed by atoms with Crippen LogP contribution in [0.15, 0.2) is 29.5 Å². The molecule has 0 bridgehead atoms. The maximum atomic E-state index is 12.2. The minimum Gasteiger partial charge on any atom is -0.508 e. The summed E-state index contributed by atoms with van der Waals surface area (Å²) in [5, 5.41) is 15.2. The Bertz CT molecular complexity index is 639. The molecular weight excluding hydrogens is 288 g/mol. The van der Waals surface area contributed by atoms with Gasteiger partial charge in [0.05, 0.1) is 25.3 Å². The number of phenols is 1. The number of benzene rings is 1. The first-order chi connectivity index (χ1) is 10.5. The fourth-order valence-electron chi connectivity index (χ4n) is 2.30. The van der Waals surface area contributed by atoms with Gasteiger partial charge in [0, 0.05) is 11.3 Å². The number of aromatic hydroxyl groups is 1. The molecule has 0 fully saturated rings. The lowest BCUT2D eigenvalue weighted by Gasteiger charge is -2.28. The number of methoxy groups -OCH3 is 1. The van der Waals surface area contributed by atoms with Gasteiger partial charge in [0.15, 0.2) is 0 Å². The molecule has 0 spiro atoms. The van der Waals surface area contributed by atoms with E-state index in [9.17, 15) is 14.7 Å². The number of carbonyl (C=O) groups is 2. The number of allylic oxidation sites excluding steroid dienone is 1. The van der Waals surface area contributed by atoms with E-state index in [1.165, 1.54) is 13.2 Å². The van der Waals surface area contributed by atoms with E-state index in [0.717, 1.165) is 0 Å². The lowest BCUT2D eigenvalue weighted by atomic mass is 9.94. The van der Waals surface area contributed by atoms with Gasteiger partial charge in [-0.3, -0.25) is 0 Å². The highest BCUT2D eigenvalue weighted by molar-refractivity contribution is 5.95. The first-order valence-corrected chi connectivity index (χ1v) is 6.80. The topological polar surface area (TPSA) is 96.9 Å². The Balaban J connectivity index is 2.52. The fraction of sp³-hybridized carbons (Fsp3) is 0.333. The Labute approximate surface area is 127 Å². The fourth-order valence-corrected chi connectivity index (χ4v) is 2.30. The lowest BCUT2D eigenvalue weighted by Crippen LogP contribution is -2.45. The first-order valence-electron chi connectivity index (χ1n) is 6.80. The van der Waals surface area contributed by atoms with Gasteiger partial charge in [-0.2, -0.15) is 0 Å². The second-order valence-corrected chi connectivity index (χ2v) is 4.72. The molecule has 2 amide bonds. The molecule has 1 atom stereocenters. The molecule has 0 saturated heterocycles. The predicted molar refractivity (Wildman–Crippen MR) is 78.4 cm³/mol. The minimum atomic E-state index is -0.817. The van der Waals surface area contributed by atoms with Crippen LogP contribution >= 0.6 is 0 Å². The van der Waals surface area contributed by atoms with Gasteiger partial charge < -0.3 is 25.2 Å². The van der Waals surface area contributed by atoms with E-state index in [4.69, 9.17) is 9.47 Å².